The Morgan fingerprint density at radius 2 is 1.24 bits per heavy atom. The van der Waals surface area contributed by atoms with Gasteiger partial charge in [-0.25, -0.2) is 0 Å². The Bertz CT molecular complexity index is 376. The molecule has 1 unspecified atom stereocenters. The summed E-state index contributed by atoms with van der Waals surface area (Å²) in [6, 6.07) is 0. The van der Waals surface area contributed by atoms with Gasteiger partial charge >= 0.3 is 103 Å². The van der Waals surface area contributed by atoms with Crippen LogP contribution in [0.2, 0.25) is 5.21 Å². The van der Waals surface area contributed by atoms with Gasteiger partial charge in [-0.1, -0.05) is 0 Å². The summed E-state index contributed by atoms with van der Waals surface area (Å²) < 4.78 is 64.3. The molecule has 0 N–H and O–H groups in total. The number of halogens is 5. The third kappa shape index (κ3) is 3.21. The van der Waals surface area contributed by atoms with Crippen molar-refractivity contribution in [1.29, 1.82) is 0 Å². The van der Waals surface area contributed by atoms with Gasteiger partial charge in [0.25, 0.3) is 0 Å². The molecule has 1 aromatic rings. The predicted octanol–water partition coefficient (Wildman–Crippen LogP) is 3.05. The molecule has 0 heterocycles. The molecule has 0 spiro atoms. The second-order valence-electron chi connectivity index (χ2n) is 3.58. The monoisotopic (exact) mass is 314 g/mol. The summed E-state index contributed by atoms with van der Waals surface area (Å²) in [6.07, 6.45) is 2.61. The number of benzene rings is 1. The quantitative estimate of drug-likeness (QED) is 0.258. The van der Waals surface area contributed by atoms with E-state index in [1.807, 2.05) is 6.92 Å². The third-order valence-corrected chi connectivity index (χ3v) is 5.22. The molecule has 0 fully saturated rings. The van der Waals surface area contributed by atoms with Gasteiger partial charge in [0.1, 0.15) is 0 Å². The molecule has 0 amide bonds. The van der Waals surface area contributed by atoms with Gasteiger partial charge in [-0.2, -0.15) is 0 Å². The van der Waals surface area contributed by atoms with Crippen molar-refractivity contribution in [3.05, 3.63) is 29.1 Å². The molecule has 6 heteroatoms. The summed E-state index contributed by atoms with van der Waals surface area (Å²) in [4.78, 5) is 0. The van der Waals surface area contributed by atoms with Crippen molar-refractivity contribution in [3.8, 4) is 0 Å². The maximum absolute atomic E-state index is 13.2. The van der Waals surface area contributed by atoms with E-state index < -0.39 is 49.2 Å². The molecule has 96 valence electrons. The average molecular weight is 314 g/mol. The van der Waals surface area contributed by atoms with Gasteiger partial charge in [-0.15, -0.1) is 0 Å². The molecule has 0 aliphatic rings. The Kier molecular flexibility index (Phi) is 5.44. The number of unbranched alkanes of at least 4 members (excludes halogenated alkanes) is 2. The minimum absolute atomic E-state index is 0.534. The van der Waals surface area contributed by atoms with Crippen LogP contribution in [-0.4, -0.2) is 15.8 Å². The van der Waals surface area contributed by atoms with E-state index in [1.165, 1.54) is 0 Å². The zero-order valence-corrected chi connectivity index (χ0v) is 11.3. The molecule has 0 saturated heterocycles. The molecule has 0 aliphatic carbocycles. The summed E-state index contributed by atoms with van der Waals surface area (Å²) in [5, 5.41) is 0.534. The Morgan fingerprint density at radius 1 is 0.765 bits per heavy atom. The fourth-order valence-electron chi connectivity index (χ4n) is 1.35. The van der Waals surface area contributed by atoms with Crippen molar-refractivity contribution in [2.24, 2.45) is 0 Å². The van der Waals surface area contributed by atoms with Crippen molar-refractivity contribution < 1.29 is 22.0 Å². The van der Waals surface area contributed by atoms with E-state index in [4.69, 9.17) is 0 Å². The summed E-state index contributed by atoms with van der Waals surface area (Å²) in [5.41, 5.74) is 0. The van der Waals surface area contributed by atoms with Crippen LogP contribution in [0, 0.1) is 29.1 Å². The van der Waals surface area contributed by atoms with Crippen molar-refractivity contribution in [1.82, 2.24) is 0 Å². The van der Waals surface area contributed by atoms with Crippen molar-refractivity contribution in [2.45, 2.75) is 31.4 Å². The first kappa shape index (κ1) is 14.5. The van der Waals surface area contributed by atoms with E-state index in [0.29, 0.717) is 5.21 Å². The van der Waals surface area contributed by atoms with E-state index in [-0.39, 0.29) is 0 Å². The number of hydrogen-bond acceptors (Lipinski definition) is 0. The van der Waals surface area contributed by atoms with Gasteiger partial charge < -0.3 is 0 Å². The van der Waals surface area contributed by atoms with Crippen LogP contribution in [0.5, 0.6) is 0 Å². The first-order valence-corrected chi connectivity index (χ1v) is 7.79. The molecule has 1 rings (SSSR count). The minimum atomic E-state index is -2.08. The Morgan fingerprint density at radius 3 is 1.71 bits per heavy atom. The SMILES string of the molecule is CCCCC[AsH]c1c(F)c(F)c(F)c(F)c1F. The number of hydrogen-bond donors (Lipinski definition) is 0. The molecule has 1 atom stereocenters. The first-order valence-electron chi connectivity index (χ1n) is 5.26. The van der Waals surface area contributed by atoms with Gasteiger partial charge in [0.15, 0.2) is 0 Å². The summed E-state index contributed by atoms with van der Waals surface area (Å²) in [6.45, 7) is 1.97. The molecule has 0 radical (unpaired) electrons. The first-order chi connectivity index (χ1) is 8.00. The van der Waals surface area contributed by atoms with Crippen LogP contribution in [0.1, 0.15) is 26.2 Å². The van der Waals surface area contributed by atoms with Crippen LogP contribution >= 0.6 is 0 Å². The Balaban J connectivity index is 2.92. The zero-order chi connectivity index (χ0) is 13.0. The molecule has 0 bridgehead atoms. The molecule has 0 aromatic heterocycles. The Hall–Kier alpha value is -0.572. The van der Waals surface area contributed by atoms with Crippen molar-refractivity contribution in [2.75, 3.05) is 0 Å². The fraction of sp³-hybridized carbons (Fsp3) is 0.455. The van der Waals surface area contributed by atoms with Gasteiger partial charge in [0.05, 0.1) is 0 Å². The Labute approximate surface area is 103 Å². The molecule has 1 aromatic carbocycles. The normalized spacial score (nSPS) is 11.6. The number of rotatable bonds is 5. The molecular formula is C11H12AsF5. The summed E-state index contributed by atoms with van der Waals surface area (Å²) in [5.74, 6) is -9.06. The van der Waals surface area contributed by atoms with Crippen LogP contribution in [0.15, 0.2) is 0 Å². The molecular weight excluding hydrogens is 302 g/mol. The molecule has 0 saturated carbocycles. The van der Waals surface area contributed by atoms with E-state index in [1.54, 1.807) is 0 Å². The topological polar surface area (TPSA) is 0 Å². The van der Waals surface area contributed by atoms with Crippen LogP contribution < -0.4 is 4.35 Å². The second-order valence-corrected chi connectivity index (χ2v) is 6.42. The van der Waals surface area contributed by atoms with Gasteiger partial charge in [0, 0.05) is 0 Å². The predicted molar refractivity (Wildman–Crippen MR) is 57.3 cm³/mol. The molecule has 0 aliphatic heterocycles. The van der Waals surface area contributed by atoms with E-state index in [0.717, 1.165) is 19.3 Å². The van der Waals surface area contributed by atoms with Gasteiger partial charge in [-0.3, -0.25) is 0 Å². The van der Waals surface area contributed by atoms with Crippen LogP contribution in [0.25, 0.3) is 0 Å². The van der Waals surface area contributed by atoms with Crippen LogP contribution in [0.3, 0.4) is 0 Å². The zero-order valence-electron chi connectivity index (χ0n) is 9.22. The standard InChI is InChI=1S/C11H12AsF5/c1-2-3-4-5-12-6-7(13)9(15)11(17)10(16)8(6)14/h12H,2-5H2,1H3. The second kappa shape index (κ2) is 6.39. The summed E-state index contributed by atoms with van der Waals surface area (Å²) in [7, 11) is 0. The third-order valence-electron chi connectivity index (χ3n) is 2.29. The van der Waals surface area contributed by atoms with Gasteiger partial charge in [-0.05, 0) is 0 Å². The van der Waals surface area contributed by atoms with E-state index in [2.05, 4.69) is 0 Å². The fourth-order valence-corrected chi connectivity index (χ4v) is 3.88. The van der Waals surface area contributed by atoms with Crippen molar-refractivity contribution in [3.63, 3.8) is 0 Å². The molecule has 17 heavy (non-hydrogen) atoms. The van der Waals surface area contributed by atoms with E-state index in [9.17, 15) is 22.0 Å². The maximum atomic E-state index is 13.2. The van der Waals surface area contributed by atoms with Gasteiger partial charge in [0.2, 0.25) is 0 Å². The van der Waals surface area contributed by atoms with E-state index >= 15 is 0 Å². The molecule has 0 nitrogen and oxygen atoms in total. The van der Waals surface area contributed by atoms with Crippen LogP contribution in [0.4, 0.5) is 22.0 Å². The average Bonchev–Trinajstić information content (AvgIpc) is 2.33. The summed E-state index contributed by atoms with van der Waals surface area (Å²) >= 11 is -1.31. The van der Waals surface area contributed by atoms with Crippen LogP contribution in [-0.2, 0) is 0 Å². The van der Waals surface area contributed by atoms with Crippen molar-refractivity contribution >= 4 is 20.1 Å².